The van der Waals surface area contributed by atoms with E-state index >= 15 is 0 Å². The number of ether oxygens (including phenoxy) is 1. The van der Waals surface area contributed by atoms with Crippen LogP contribution < -0.4 is 9.64 Å². The predicted octanol–water partition coefficient (Wildman–Crippen LogP) is 5.80. The number of nitrogens with zero attached hydrogens (tertiary/aromatic N) is 2. The maximum Gasteiger partial charge on any atom is 0.301 e. The highest BCUT2D eigenvalue weighted by Crippen LogP contribution is 2.44. The highest BCUT2D eigenvalue weighted by molar-refractivity contribution is 7.22. The van der Waals surface area contributed by atoms with Gasteiger partial charge in [0.2, 0.25) is 0 Å². The van der Waals surface area contributed by atoms with Crippen molar-refractivity contribution in [3.8, 4) is 5.75 Å². The highest BCUT2D eigenvalue weighted by atomic mass is 32.1. The third kappa shape index (κ3) is 3.98. The number of methoxy groups -OCH3 is 1. The fourth-order valence-corrected chi connectivity index (χ4v) is 5.40. The van der Waals surface area contributed by atoms with Gasteiger partial charge in [-0.3, -0.25) is 14.5 Å². The number of amides is 1. The van der Waals surface area contributed by atoms with E-state index in [0.717, 1.165) is 33.3 Å². The number of aromatic nitrogens is 1. The summed E-state index contributed by atoms with van der Waals surface area (Å²) < 4.78 is 6.13. The van der Waals surface area contributed by atoms with E-state index in [4.69, 9.17) is 4.74 Å². The summed E-state index contributed by atoms with van der Waals surface area (Å²) in [6.07, 6.45) is 0.865. The first kappa shape index (κ1) is 22.8. The van der Waals surface area contributed by atoms with Crippen LogP contribution in [0.25, 0.3) is 16.0 Å². The lowest BCUT2D eigenvalue weighted by Crippen LogP contribution is -2.29. The maximum atomic E-state index is 13.4. The number of thiazole rings is 1. The zero-order valence-corrected chi connectivity index (χ0v) is 20.4. The minimum Gasteiger partial charge on any atom is -0.507 e. The fraction of sp³-hybridized carbons (Fsp3) is 0.179. The van der Waals surface area contributed by atoms with E-state index in [0.29, 0.717) is 16.4 Å². The Bertz CT molecular complexity index is 1470. The Kier molecular flexibility index (Phi) is 5.86. The molecule has 5 rings (SSSR count). The van der Waals surface area contributed by atoms with Crippen molar-refractivity contribution in [2.45, 2.75) is 26.3 Å². The Morgan fingerprint density at radius 2 is 1.77 bits per heavy atom. The number of hydrogen-bond acceptors (Lipinski definition) is 6. The molecule has 35 heavy (non-hydrogen) atoms. The van der Waals surface area contributed by atoms with E-state index in [1.54, 1.807) is 31.4 Å². The molecule has 3 aromatic carbocycles. The van der Waals surface area contributed by atoms with Crippen LogP contribution in [0.2, 0.25) is 0 Å². The first-order chi connectivity index (χ1) is 16.9. The number of benzene rings is 3. The second kappa shape index (κ2) is 9.00. The number of aliphatic hydroxyl groups is 1. The van der Waals surface area contributed by atoms with Crippen LogP contribution in [0.15, 0.2) is 72.3 Å². The Labute approximate surface area is 207 Å². The Balaban J connectivity index is 1.70. The van der Waals surface area contributed by atoms with Crippen LogP contribution in [0.4, 0.5) is 5.13 Å². The zero-order chi connectivity index (χ0) is 24.7. The van der Waals surface area contributed by atoms with Crippen LogP contribution >= 0.6 is 11.3 Å². The number of hydrogen-bond donors (Lipinski definition) is 1. The molecular formula is C28H24N2O4S. The first-order valence-corrected chi connectivity index (χ1v) is 12.1. The molecule has 0 aliphatic carbocycles. The number of ketones is 1. The average molecular weight is 485 g/mol. The fourth-order valence-electron chi connectivity index (χ4n) is 4.31. The van der Waals surface area contributed by atoms with Crippen molar-refractivity contribution in [1.82, 2.24) is 4.98 Å². The summed E-state index contributed by atoms with van der Waals surface area (Å²) in [5.74, 6) is -1.05. The molecule has 1 unspecified atom stereocenters. The van der Waals surface area contributed by atoms with E-state index < -0.39 is 17.7 Å². The quantitative estimate of drug-likeness (QED) is 0.220. The van der Waals surface area contributed by atoms with E-state index in [9.17, 15) is 14.7 Å². The molecule has 1 aliphatic heterocycles. The number of Topliss-reactive ketones (excluding diaryl/α,β-unsaturated/α-hetero) is 1. The zero-order valence-electron chi connectivity index (χ0n) is 19.6. The third-order valence-corrected chi connectivity index (χ3v) is 7.27. The molecule has 1 aliphatic rings. The molecule has 6 nitrogen and oxygen atoms in total. The lowest BCUT2D eigenvalue weighted by Gasteiger charge is -2.23. The summed E-state index contributed by atoms with van der Waals surface area (Å²) in [5.41, 5.74) is 4.18. The summed E-state index contributed by atoms with van der Waals surface area (Å²) >= 11 is 1.36. The molecule has 0 saturated carbocycles. The van der Waals surface area contributed by atoms with Gasteiger partial charge in [0.05, 0.1) is 28.9 Å². The molecule has 176 valence electrons. The van der Waals surface area contributed by atoms with Gasteiger partial charge in [-0.15, -0.1) is 0 Å². The van der Waals surface area contributed by atoms with Crippen molar-refractivity contribution in [1.29, 1.82) is 0 Å². The number of anilines is 1. The van der Waals surface area contributed by atoms with Crippen LogP contribution in [-0.2, 0) is 16.0 Å². The molecule has 1 atom stereocenters. The van der Waals surface area contributed by atoms with Gasteiger partial charge in [0.1, 0.15) is 11.5 Å². The molecule has 0 radical (unpaired) electrons. The molecule has 2 heterocycles. The van der Waals surface area contributed by atoms with Gasteiger partial charge in [-0.25, -0.2) is 4.98 Å². The predicted molar refractivity (Wildman–Crippen MR) is 138 cm³/mol. The Morgan fingerprint density at radius 1 is 1.06 bits per heavy atom. The number of rotatable bonds is 5. The maximum absolute atomic E-state index is 13.4. The molecule has 0 bridgehead atoms. The minimum atomic E-state index is -0.801. The summed E-state index contributed by atoms with van der Waals surface area (Å²) in [4.78, 5) is 32.8. The van der Waals surface area contributed by atoms with Gasteiger partial charge < -0.3 is 9.84 Å². The number of carbonyl (C=O) groups excluding carboxylic acids is 2. The SMILES string of the molecule is CCc1ccc(C2/C(=C(\O)c3ccc(OC)cc3)C(=O)C(=O)N2c2nc3ccc(C)cc3s2)cc1. The Morgan fingerprint density at radius 3 is 2.43 bits per heavy atom. The van der Waals surface area contributed by atoms with E-state index in [-0.39, 0.29) is 11.3 Å². The highest BCUT2D eigenvalue weighted by Gasteiger charge is 2.48. The molecule has 1 amide bonds. The van der Waals surface area contributed by atoms with E-state index in [1.807, 2.05) is 49.4 Å². The van der Waals surface area contributed by atoms with E-state index in [1.165, 1.54) is 16.2 Å². The molecule has 1 fully saturated rings. The average Bonchev–Trinajstić information content (AvgIpc) is 3.41. The number of carbonyl (C=O) groups is 2. The normalized spacial score (nSPS) is 17.3. The number of fused-ring (bicyclic) bond motifs is 1. The van der Waals surface area contributed by atoms with Crippen molar-refractivity contribution in [3.63, 3.8) is 0 Å². The summed E-state index contributed by atoms with van der Waals surface area (Å²) in [5, 5.41) is 11.7. The minimum absolute atomic E-state index is 0.0415. The van der Waals surface area contributed by atoms with Crippen molar-refractivity contribution in [2.24, 2.45) is 0 Å². The second-order valence-electron chi connectivity index (χ2n) is 8.46. The van der Waals surface area contributed by atoms with Gasteiger partial charge in [-0.1, -0.05) is 48.6 Å². The summed E-state index contributed by atoms with van der Waals surface area (Å²) in [6, 6.07) is 19.6. The summed E-state index contributed by atoms with van der Waals surface area (Å²) in [7, 11) is 1.56. The van der Waals surface area contributed by atoms with Crippen molar-refractivity contribution < 1.29 is 19.4 Å². The van der Waals surface area contributed by atoms with Crippen LogP contribution in [0.1, 0.15) is 35.2 Å². The van der Waals surface area contributed by atoms with Gasteiger partial charge in [0.15, 0.2) is 5.13 Å². The van der Waals surface area contributed by atoms with E-state index in [2.05, 4.69) is 11.9 Å². The standard InChI is InChI=1S/C28H24N2O4S/c1-4-17-6-8-18(9-7-17)24-23(25(31)19-10-12-20(34-3)13-11-19)26(32)27(33)30(24)28-29-21-14-5-16(2)15-22(21)35-28/h5-15,24,31H,4H2,1-3H3/b25-23+. The molecular weight excluding hydrogens is 460 g/mol. The molecule has 0 spiro atoms. The summed E-state index contributed by atoms with van der Waals surface area (Å²) in [6.45, 7) is 4.06. The topological polar surface area (TPSA) is 79.7 Å². The van der Waals surface area contributed by atoms with Crippen molar-refractivity contribution in [3.05, 3.63) is 94.6 Å². The first-order valence-electron chi connectivity index (χ1n) is 11.3. The lowest BCUT2D eigenvalue weighted by molar-refractivity contribution is -0.132. The number of aliphatic hydroxyl groups excluding tert-OH is 1. The largest absolute Gasteiger partial charge is 0.507 e. The van der Waals surface area contributed by atoms with Gasteiger partial charge >= 0.3 is 5.91 Å². The van der Waals surface area contributed by atoms with Crippen molar-refractivity contribution >= 4 is 44.1 Å². The van der Waals surface area contributed by atoms with Gasteiger partial charge in [-0.2, -0.15) is 0 Å². The van der Waals surface area contributed by atoms with Crippen molar-refractivity contribution in [2.75, 3.05) is 12.0 Å². The smallest absolute Gasteiger partial charge is 0.301 e. The number of aryl methyl sites for hydroxylation is 2. The second-order valence-corrected chi connectivity index (χ2v) is 9.47. The lowest BCUT2D eigenvalue weighted by atomic mass is 9.94. The van der Waals surface area contributed by atoms with Gasteiger partial charge in [0.25, 0.3) is 5.78 Å². The van der Waals surface area contributed by atoms with Crippen LogP contribution in [0.5, 0.6) is 5.75 Å². The molecule has 4 aromatic rings. The third-order valence-electron chi connectivity index (χ3n) is 6.25. The van der Waals surface area contributed by atoms with Crippen LogP contribution in [-0.4, -0.2) is 28.9 Å². The van der Waals surface area contributed by atoms with Gasteiger partial charge in [0, 0.05) is 5.56 Å². The monoisotopic (exact) mass is 484 g/mol. The van der Waals surface area contributed by atoms with Gasteiger partial charge in [-0.05, 0) is 66.4 Å². The molecule has 7 heteroatoms. The molecule has 1 saturated heterocycles. The molecule has 1 N–H and O–H groups in total. The molecule has 1 aromatic heterocycles. The van der Waals surface area contributed by atoms with Crippen LogP contribution in [0.3, 0.4) is 0 Å². The Hall–Kier alpha value is -3.97. The van der Waals surface area contributed by atoms with Crippen LogP contribution in [0, 0.1) is 6.92 Å².